The molecule has 0 spiro atoms. The molecule has 2 aromatic rings. The van der Waals surface area contributed by atoms with Crippen LogP contribution < -0.4 is 10.2 Å². The Labute approximate surface area is 226 Å². The van der Waals surface area contributed by atoms with Gasteiger partial charge in [0.2, 0.25) is 5.91 Å². The highest BCUT2D eigenvalue weighted by atomic mass is 16.6. The van der Waals surface area contributed by atoms with Crippen molar-refractivity contribution < 1.29 is 24.1 Å². The molecule has 3 unspecified atom stereocenters. The zero-order valence-electron chi connectivity index (χ0n) is 22.5. The molecule has 2 aromatic carbocycles. The lowest BCUT2D eigenvalue weighted by Gasteiger charge is -2.29. The second-order valence-corrected chi connectivity index (χ2v) is 10.6. The maximum atomic E-state index is 13.7. The smallest absolute Gasteiger partial charge is 0.270 e. The molecule has 0 aliphatic carbocycles. The number of anilines is 1. The first kappa shape index (κ1) is 27.7. The maximum Gasteiger partial charge on any atom is 0.270 e. The average molecular weight is 536 g/mol. The van der Waals surface area contributed by atoms with Crippen LogP contribution in [0, 0.1) is 16.0 Å². The number of carbonyl (C=O) groups is 4. The van der Waals surface area contributed by atoms with Crippen molar-refractivity contribution in [3.63, 3.8) is 0 Å². The Morgan fingerprint density at radius 1 is 1.08 bits per heavy atom. The van der Waals surface area contributed by atoms with E-state index in [-0.39, 0.29) is 47.9 Å². The standard InChI is InChI=1S/C28H33N5O6/c1-17(2)14-22(29-26(35)18-8-10-20(11-9-18)30(3)4)28(37)31-13-12-23-25(31)24(34)16-32(23)27(36)19-6-5-7-21(15-19)33(38)39/h5-11,15,17,22-23,25H,12-14,16H2,1-4H3,(H,29,35). The summed E-state index contributed by atoms with van der Waals surface area (Å²) in [5.74, 6) is -1.39. The number of hydrogen-bond donors (Lipinski definition) is 1. The minimum Gasteiger partial charge on any atom is -0.378 e. The van der Waals surface area contributed by atoms with Gasteiger partial charge in [0.05, 0.1) is 17.5 Å². The molecule has 2 aliphatic rings. The monoisotopic (exact) mass is 535 g/mol. The van der Waals surface area contributed by atoms with Crippen molar-refractivity contribution in [3.8, 4) is 0 Å². The van der Waals surface area contributed by atoms with Gasteiger partial charge in [-0.3, -0.25) is 29.3 Å². The second kappa shape index (κ2) is 11.2. The van der Waals surface area contributed by atoms with E-state index in [1.54, 1.807) is 12.1 Å². The summed E-state index contributed by atoms with van der Waals surface area (Å²) in [4.78, 5) is 68.4. The topological polar surface area (TPSA) is 133 Å². The van der Waals surface area contributed by atoms with Crippen molar-refractivity contribution >= 4 is 34.9 Å². The summed E-state index contributed by atoms with van der Waals surface area (Å²) in [5, 5.41) is 14.0. The fraction of sp³-hybridized carbons (Fsp3) is 0.429. The molecule has 3 amide bonds. The lowest BCUT2D eigenvalue weighted by atomic mass is 10.0. The number of nitro benzene ring substituents is 1. The highest BCUT2D eigenvalue weighted by Crippen LogP contribution is 2.32. The molecule has 4 rings (SSSR count). The minimum absolute atomic E-state index is 0.0972. The number of nitrogens with one attached hydrogen (secondary N) is 1. The Balaban J connectivity index is 1.51. The SMILES string of the molecule is CC(C)CC(NC(=O)c1ccc(N(C)C)cc1)C(=O)N1CCC2C1C(=O)CN2C(=O)c1cccc([N+](=O)[O-])c1. The van der Waals surface area contributed by atoms with Crippen LogP contribution in [-0.4, -0.2) is 83.5 Å². The number of amides is 3. The van der Waals surface area contributed by atoms with E-state index in [1.807, 2.05) is 45.0 Å². The quantitative estimate of drug-likeness (QED) is 0.406. The van der Waals surface area contributed by atoms with E-state index >= 15 is 0 Å². The van der Waals surface area contributed by atoms with Gasteiger partial charge in [-0.2, -0.15) is 0 Å². The average Bonchev–Trinajstić information content (AvgIpc) is 3.48. The number of hydrogen-bond acceptors (Lipinski definition) is 7. The molecule has 2 aliphatic heterocycles. The highest BCUT2D eigenvalue weighted by molar-refractivity contribution is 6.03. The molecule has 2 saturated heterocycles. The predicted molar refractivity (Wildman–Crippen MR) is 145 cm³/mol. The summed E-state index contributed by atoms with van der Waals surface area (Å²) in [6, 6.07) is 10.3. The Morgan fingerprint density at radius 2 is 1.77 bits per heavy atom. The van der Waals surface area contributed by atoms with Crippen LogP contribution in [-0.2, 0) is 9.59 Å². The number of carbonyl (C=O) groups excluding carboxylic acids is 4. The zero-order valence-corrected chi connectivity index (χ0v) is 22.5. The van der Waals surface area contributed by atoms with E-state index in [9.17, 15) is 29.3 Å². The summed E-state index contributed by atoms with van der Waals surface area (Å²) >= 11 is 0. The molecule has 1 N–H and O–H groups in total. The first-order valence-electron chi connectivity index (χ1n) is 12.9. The van der Waals surface area contributed by atoms with Gasteiger partial charge in [0.25, 0.3) is 17.5 Å². The number of fused-ring (bicyclic) bond motifs is 1. The number of non-ortho nitro benzene ring substituents is 1. The third kappa shape index (κ3) is 5.76. The molecular formula is C28H33N5O6. The molecule has 11 nitrogen and oxygen atoms in total. The van der Waals surface area contributed by atoms with E-state index in [1.165, 1.54) is 34.1 Å². The van der Waals surface area contributed by atoms with Crippen LogP contribution in [0.2, 0.25) is 0 Å². The molecule has 11 heteroatoms. The summed E-state index contributed by atoms with van der Waals surface area (Å²) in [6.45, 7) is 3.98. The van der Waals surface area contributed by atoms with E-state index in [0.717, 1.165) is 5.69 Å². The van der Waals surface area contributed by atoms with Crippen LogP contribution in [0.25, 0.3) is 0 Å². The molecule has 0 bridgehead atoms. The third-order valence-electron chi connectivity index (χ3n) is 7.23. The van der Waals surface area contributed by atoms with Crippen molar-refractivity contribution in [1.29, 1.82) is 0 Å². The number of benzene rings is 2. The number of rotatable bonds is 8. The number of nitrogens with zero attached hydrogens (tertiary/aromatic N) is 4. The van der Waals surface area contributed by atoms with Crippen molar-refractivity contribution in [2.75, 3.05) is 32.1 Å². The Hall–Kier alpha value is -4.28. The lowest BCUT2D eigenvalue weighted by Crippen LogP contribution is -2.53. The number of likely N-dealkylation sites (tertiary alicyclic amines) is 2. The number of Topliss-reactive ketones (excluding diaryl/α,β-unsaturated/α-hetero) is 1. The van der Waals surface area contributed by atoms with Gasteiger partial charge in [-0.25, -0.2) is 0 Å². The Kier molecular flexibility index (Phi) is 7.98. The van der Waals surface area contributed by atoms with Gasteiger partial charge in [-0.05, 0) is 49.1 Å². The largest absolute Gasteiger partial charge is 0.378 e. The van der Waals surface area contributed by atoms with Crippen molar-refractivity contribution in [2.45, 2.75) is 44.8 Å². The van der Waals surface area contributed by atoms with E-state index in [0.29, 0.717) is 18.4 Å². The van der Waals surface area contributed by atoms with Gasteiger partial charge in [0.15, 0.2) is 5.78 Å². The first-order valence-corrected chi connectivity index (χ1v) is 12.9. The van der Waals surface area contributed by atoms with Crippen LogP contribution in [0.5, 0.6) is 0 Å². The minimum atomic E-state index is -0.834. The third-order valence-corrected chi connectivity index (χ3v) is 7.23. The molecule has 2 fully saturated rings. The summed E-state index contributed by atoms with van der Waals surface area (Å²) in [5.41, 5.74) is 1.27. The van der Waals surface area contributed by atoms with Crippen molar-refractivity contribution in [1.82, 2.24) is 15.1 Å². The van der Waals surface area contributed by atoms with Crippen LogP contribution in [0.3, 0.4) is 0 Å². The van der Waals surface area contributed by atoms with Crippen LogP contribution >= 0.6 is 0 Å². The normalized spacial score (nSPS) is 19.2. The molecule has 3 atom stereocenters. The summed E-state index contributed by atoms with van der Waals surface area (Å²) < 4.78 is 0. The van der Waals surface area contributed by atoms with Gasteiger partial charge in [0, 0.05) is 49.6 Å². The number of ketones is 1. The zero-order chi connectivity index (χ0) is 28.4. The Morgan fingerprint density at radius 3 is 2.38 bits per heavy atom. The van der Waals surface area contributed by atoms with E-state index < -0.39 is 29.0 Å². The maximum absolute atomic E-state index is 13.7. The fourth-order valence-corrected chi connectivity index (χ4v) is 5.30. The van der Waals surface area contributed by atoms with Gasteiger partial charge in [-0.15, -0.1) is 0 Å². The van der Waals surface area contributed by atoms with Crippen molar-refractivity contribution in [2.24, 2.45) is 5.92 Å². The van der Waals surface area contributed by atoms with Gasteiger partial charge in [0.1, 0.15) is 12.1 Å². The van der Waals surface area contributed by atoms with Gasteiger partial charge >= 0.3 is 0 Å². The van der Waals surface area contributed by atoms with Crippen LogP contribution in [0.1, 0.15) is 47.4 Å². The molecule has 206 valence electrons. The fourth-order valence-electron chi connectivity index (χ4n) is 5.30. The molecule has 0 aromatic heterocycles. The molecule has 39 heavy (non-hydrogen) atoms. The van der Waals surface area contributed by atoms with Gasteiger partial charge in [-0.1, -0.05) is 19.9 Å². The van der Waals surface area contributed by atoms with E-state index in [4.69, 9.17) is 0 Å². The first-order chi connectivity index (χ1) is 18.5. The molecule has 0 radical (unpaired) electrons. The lowest BCUT2D eigenvalue weighted by molar-refractivity contribution is -0.384. The van der Waals surface area contributed by atoms with Gasteiger partial charge < -0.3 is 20.0 Å². The van der Waals surface area contributed by atoms with Crippen LogP contribution in [0.15, 0.2) is 48.5 Å². The van der Waals surface area contributed by atoms with Crippen LogP contribution in [0.4, 0.5) is 11.4 Å². The summed E-state index contributed by atoms with van der Waals surface area (Å²) in [6.07, 6.45) is 0.788. The second-order valence-electron chi connectivity index (χ2n) is 10.6. The van der Waals surface area contributed by atoms with E-state index in [2.05, 4.69) is 5.32 Å². The molecular weight excluding hydrogens is 502 g/mol. The molecule has 2 heterocycles. The Bertz CT molecular complexity index is 1290. The highest BCUT2D eigenvalue weighted by Gasteiger charge is 2.52. The molecule has 0 saturated carbocycles. The predicted octanol–water partition coefficient (Wildman–Crippen LogP) is 2.50. The number of nitro groups is 1. The van der Waals surface area contributed by atoms with Crippen molar-refractivity contribution in [3.05, 3.63) is 69.8 Å². The summed E-state index contributed by atoms with van der Waals surface area (Å²) in [7, 11) is 3.80.